The molecule has 9 heteroatoms. The average Bonchev–Trinajstić information content (AvgIpc) is 2.64. The van der Waals surface area contributed by atoms with Crippen molar-refractivity contribution in [1.82, 2.24) is 4.98 Å². The van der Waals surface area contributed by atoms with Crippen molar-refractivity contribution in [3.05, 3.63) is 24.3 Å². The van der Waals surface area contributed by atoms with E-state index < -0.39 is 14.3 Å². The van der Waals surface area contributed by atoms with E-state index in [2.05, 4.69) is 19.0 Å². The molecule has 3 rings (SSSR count). The predicted octanol–water partition coefficient (Wildman–Crippen LogP) is 2.08. The predicted molar refractivity (Wildman–Crippen MR) is 62.0 cm³/mol. The van der Waals surface area contributed by atoms with Gasteiger partial charge in [-0.25, -0.2) is 14.1 Å². The van der Waals surface area contributed by atoms with Gasteiger partial charge >= 0.3 is 7.82 Å². The molecule has 1 fully saturated rings. The van der Waals surface area contributed by atoms with Gasteiger partial charge in [-0.15, -0.1) is 0 Å². The first-order valence-electron chi connectivity index (χ1n) is 4.92. The highest BCUT2D eigenvalue weighted by Crippen LogP contribution is 2.47. The summed E-state index contributed by atoms with van der Waals surface area (Å²) in [6, 6.07) is 7.27. The Morgan fingerprint density at radius 2 is 2.22 bits per heavy atom. The van der Waals surface area contributed by atoms with Gasteiger partial charge in [-0.2, -0.15) is 0 Å². The van der Waals surface area contributed by atoms with Gasteiger partial charge in [0.1, 0.15) is 0 Å². The van der Waals surface area contributed by atoms with Gasteiger partial charge < -0.3 is 14.0 Å². The summed E-state index contributed by atoms with van der Waals surface area (Å²) >= 11 is 1.15. The molecule has 7 nitrogen and oxygen atoms in total. The molecule has 0 saturated carbocycles. The summed E-state index contributed by atoms with van der Waals surface area (Å²) in [7, 11) is -4.29. The SMILES string of the molecule is O=P(O)(Oc1nc2ccccc2s1)OC1OCO1. The van der Waals surface area contributed by atoms with Gasteiger partial charge in [0.25, 0.3) is 11.7 Å². The van der Waals surface area contributed by atoms with Crippen LogP contribution in [0.2, 0.25) is 0 Å². The van der Waals surface area contributed by atoms with E-state index in [1.807, 2.05) is 18.2 Å². The molecule has 18 heavy (non-hydrogen) atoms. The summed E-state index contributed by atoms with van der Waals surface area (Å²) in [5.74, 6) is 0. The number of rotatable bonds is 4. The molecular weight excluding hydrogens is 281 g/mol. The Labute approximate surface area is 105 Å². The molecule has 1 atom stereocenters. The Morgan fingerprint density at radius 1 is 1.44 bits per heavy atom. The van der Waals surface area contributed by atoms with Gasteiger partial charge in [-0.1, -0.05) is 23.5 Å². The topological polar surface area (TPSA) is 87.1 Å². The van der Waals surface area contributed by atoms with Crippen molar-refractivity contribution < 1.29 is 28.0 Å². The van der Waals surface area contributed by atoms with E-state index in [-0.39, 0.29) is 12.0 Å². The Hall–Kier alpha value is -1.02. The van der Waals surface area contributed by atoms with Crippen molar-refractivity contribution in [3.8, 4) is 5.19 Å². The van der Waals surface area contributed by atoms with Crippen molar-refractivity contribution in [2.75, 3.05) is 6.79 Å². The third-order valence-corrected chi connectivity index (χ3v) is 3.98. The third-order valence-electron chi connectivity index (χ3n) is 2.10. The fourth-order valence-corrected chi connectivity index (χ4v) is 3.05. The molecule has 0 amide bonds. The summed E-state index contributed by atoms with van der Waals surface area (Å²) in [6.45, 7) is -1.12. The van der Waals surface area contributed by atoms with Gasteiger partial charge in [0.2, 0.25) is 0 Å². The van der Waals surface area contributed by atoms with Crippen molar-refractivity contribution in [3.63, 3.8) is 0 Å². The molecular formula is C9H8NO6PS. The zero-order valence-corrected chi connectivity index (χ0v) is 10.6. The van der Waals surface area contributed by atoms with Crippen molar-refractivity contribution in [1.29, 1.82) is 0 Å². The number of hydrogen-bond donors (Lipinski definition) is 1. The smallest absolute Gasteiger partial charge is 0.376 e. The molecule has 1 aromatic carbocycles. The van der Waals surface area contributed by atoms with Crippen LogP contribution in [0.1, 0.15) is 0 Å². The molecule has 2 aromatic rings. The Kier molecular flexibility index (Phi) is 3.06. The highest BCUT2D eigenvalue weighted by molar-refractivity contribution is 7.48. The largest absolute Gasteiger partial charge is 0.533 e. The summed E-state index contributed by atoms with van der Waals surface area (Å²) in [4.78, 5) is 13.5. The molecule has 1 unspecified atom stereocenters. The van der Waals surface area contributed by atoms with Crippen LogP contribution in [-0.4, -0.2) is 23.1 Å². The number of aromatic nitrogens is 1. The number of fused-ring (bicyclic) bond motifs is 1. The van der Waals surface area contributed by atoms with Gasteiger partial charge in [0.05, 0.1) is 10.2 Å². The molecule has 1 aliphatic heterocycles. The Bertz CT molecular complexity index is 579. The average molecular weight is 289 g/mol. The number of benzene rings is 1. The van der Waals surface area contributed by atoms with E-state index in [1.165, 1.54) is 0 Å². The molecule has 96 valence electrons. The molecule has 0 spiro atoms. The fraction of sp³-hybridized carbons (Fsp3) is 0.222. The van der Waals surface area contributed by atoms with Crippen LogP contribution < -0.4 is 4.52 Å². The molecule has 1 saturated heterocycles. The minimum Gasteiger partial charge on any atom is -0.376 e. The molecule has 1 N–H and O–H groups in total. The lowest BCUT2D eigenvalue weighted by molar-refractivity contribution is -0.397. The molecule has 2 heterocycles. The number of phosphoric ester groups is 1. The van der Waals surface area contributed by atoms with Crippen molar-refractivity contribution in [2.24, 2.45) is 0 Å². The van der Waals surface area contributed by atoms with Gasteiger partial charge in [0, 0.05) is 0 Å². The Balaban J connectivity index is 1.76. The third kappa shape index (κ3) is 2.54. The van der Waals surface area contributed by atoms with Crippen molar-refractivity contribution in [2.45, 2.75) is 6.48 Å². The molecule has 0 aliphatic carbocycles. The van der Waals surface area contributed by atoms with E-state index in [0.29, 0.717) is 5.52 Å². The van der Waals surface area contributed by atoms with Crippen LogP contribution in [0.15, 0.2) is 24.3 Å². The molecule has 0 radical (unpaired) electrons. The summed E-state index contributed by atoms with van der Waals surface area (Å²) < 4.78 is 31.2. The normalized spacial score (nSPS) is 19.4. The van der Waals surface area contributed by atoms with E-state index in [1.54, 1.807) is 6.07 Å². The van der Waals surface area contributed by atoms with E-state index >= 15 is 0 Å². The van der Waals surface area contributed by atoms with Crippen LogP contribution in [0.25, 0.3) is 10.2 Å². The first kappa shape index (κ1) is 12.0. The quantitative estimate of drug-likeness (QED) is 0.862. The minimum atomic E-state index is -4.29. The molecule has 0 bridgehead atoms. The lowest BCUT2D eigenvalue weighted by Gasteiger charge is -2.26. The number of hydrogen-bond acceptors (Lipinski definition) is 7. The Morgan fingerprint density at radius 3 is 2.89 bits per heavy atom. The lowest BCUT2D eigenvalue weighted by atomic mass is 10.3. The minimum absolute atomic E-state index is 0.0335. The second-order valence-electron chi connectivity index (χ2n) is 3.35. The van der Waals surface area contributed by atoms with Crippen LogP contribution in [0.3, 0.4) is 0 Å². The molecule has 1 aliphatic rings. The second-order valence-corrected chi connectivity index (χ2v) is 5.68. The van der Waals surface area contributed by atoms with Gasteiger partial charge in [-0.3, -0.25) is 4.89 Å². The number of nitrogens with zero attached hydrogens (tertiary/aromatic N) is 1. The zero-order valence-electron chi connectivity index (χ0n) is 8.88. The van der Waals surface area contributed by atoms with Crippen LogP contribution in [0, 0.1) is 0 Å². The van der Waals surface area contributed by atoms with E-state index in [4.69, 9.17) is 4.52 Å². The maximum atomic E-state index is 11.6. The second kappa shape index (κ2) is 4.58. The first-order chi connectivity index (χ1) is 8.62. The highest BCUT2D eigenvalue weighted by atomic mass is 32.1. The number of phosphoric acid groups is 1. The number of thiazole rings is 1. The highest BCUT2D eigenvalue weighted by Gasteiger charge is 2.34. The van der Waals surface area contributed by atoms with E-state index in [9.17, 15) is 9.46 Å². The fourth-order valence-electron chi connectivity index (χ4n) is 1.30. The monoisotopic (exact) mass is 289 g/mol. The van der Waals surface area contributed by atoms with E-state index in [0.717, 1.165) is 16.0 Å². The van der Waals surface area contributed by atoms with Crippen molar-refractivity contribution >= 4 is 29.4 Å². The standard InChI is InChI=1S/C9H8NO6PS/c11-17(12,16-9-13-5-14-9)15-8-10-6-3-1-2-4-7(6)18-8/h1-4,9H,5H2,(H,11,12). The number of para-hydroxylation sites is 1. The first-order valence-corrected chi connectivity index (χ1v) is 7.23. The summed E-state index contributed by atoms with van der Waals surface area (Å²) in [5.41, 5.74) is 0.689. The van der Waals surface area contributed by atoms with Gasteiger partial charge in [-0.05, 0) is 12.1 Å². The summed E-state index contributed by atoms with van der Waals surface area (Å²) in [6.07, 6.45) is 0. The number of ether oxygens (including phenoxy) is 2. The van der Waals surface area contributed by atoms with Crippen LogP contribution in [-0.2, 0) is 18.6 Å². The lowest BCUT2D eigenvalue weighted by Crippen LogP contribution is -2.32. The van der Waals surface area contributed by atoms with Crippen LogP contribution >= 0.6 is 19.2 Å². The summed E-state index contributed by atoms with van der Waals surface area (Å²) in [5, 5.41) is 0.0568. The maximum absolute atomic E-state index is 11.6. The molecule has 1 aromatic heterocycles. The van der Waals surface area contributed by atoms with Crippen LogP contribution in [0.5, 0.6) is 5.19 Å². The van der Waals surface area contributed by atoms with Gasteiger partial charge in [0.15, 0.2) is 6.79 Å². The van der Waals surface area contributed by atoms with Crippen LogP contribution in [0.4, 0.5) is 0 Å². The zero-order chi connectivity index (χ0) is 12.6. The maximum Gasteiger partial charge on any atom is 0.533 e.